The summed E-state index contributed by atoms with van der Waals surface area (Å²) in [6, 6.07) is 0.0124. The first-order chi connectivity index (χ1) is 20.1. The van der Waals surface area contributed by atoms with Crippen molar-refractivity contribution in [3.05, 3.63) is 40.8 Å². The van der Waals surface area contributed by atoms with Gasteiger partial charge < -0.3 is 19.8 Å². The number of carboxylic acid groups (broad SMARTS) is 1. The van der Waals surface area contributed by atoms with E-state index in [0.717, 1.165) is 18.5 Å². The summed E-state index contributed by atoms with van der Waals surface area (Å²) >= 11 is 0. The Bertz CT molecular complexity index is 1280. The van der Waals surface area contributed by atoms with E-state index in [9.17, 15) is 32.7 Å². The number of aromatic nitrogens is 2. The maximum absolute atomic E-state index is 13.7. The van der Waals surface area contributed by atoms with Crippen LogP contribution < -0.4 is 0 Å². The van der Waals surface area contributed by atoms with Crippen LogP contribution in [-0.4, -0.2) is 92.9 Å². The average Bonchev–Trinajstić information content (AvgIpc) is 3.53. The number of aliphatic carboxylic acids is 1. The SMILES string of the molecule is O=C(O)C1CCN(C(=O)N2CCC(n3ncc(C(=O)N4CC[C@@H](C5=C(C(F)(F)F)CCC=C5)C4)c3C3CC3)CC2)CC1. The third-order valence-corrected chi connectivity index (χ3v) is 9.69. The molecule has 0 unspecified atom stereocenters. The second-order valence-corrected chi connectivity index (χ2v) is 12.4. The number of hydrogen-bond donors (Lipinski definition) is 1. The second kappa shape index (κ2) is 11.4. The number of carboxylic acids is 1. The Morgan fingerprint density at radius 1 is 0.857 bits per heavy atom. The molecule has 1 atom stereocenters. The maximum atomic E-state index is 13.7. The minimum atomic E-state index is -4.35. The van der Waals surface area contributed by atoms with Crippen molar-refractivity contribution >= 4 is 17.9 Å². The van der Waals surface area contributed by atoms with E-state index >= 15 is 0 Å². The van der Waals surface area contributed by atoms with Crippen LogP contribution in [0.25, 0.3) is 0 Å². The largest absolute Gasteiger partial charge is 0.481 e. The molecular weight excluding hydrogens is 551 g/mol. The Balaban J connectivity index is 1.10. The van der Waals surface area contributed by atoms with Crippen LogP contribution in [0, 0.1) is 11.8 Å². The topological polar surface area (TPSA) is 99.0 Å². The molecule has 42 heavy (non-hydrogen) atoms. The normalized spacial score (nSPS) is 24.5. The molecule has 9 nitrogen and oxygen atoms in total. The number of nitrogens with zero attached hydrogens (tertiary/aromatic N) is 5. The summed E-state index contributed by atoms with van der Waals surface area (Å²) in [5.74, 6) is -1.41. The predicted octanol–water partition coefficient (Wildman–Crippen LogP) is 4.99. The number of rotatable bonds is 5. The molecule has 3 aliphatic heterocycles. The summed E-state index contributed by atoms with van der Waals surface area (Å²) in [6.07, 6.45) is 5.89. The van der Waals surface area contributed by atoms with Crippen LogP contribution in [0.5, 0.6) is 0 Å². The summed E-state index contributed by atoms with van der Waals surface area (Å²) < 4.78 is 43.0. The molecule has 6 rings (SSSR count). The summed E-state index contributed by atoms with van der Waals surface area (Å²) in [4.78, 5) is 43.3. The first-order valence-electron chi connectivity index (χ1n) is 15.2. The number of halogens is 3. The lowest BCUT2D eigenvalue weighted by Gasteiger charge is -2.38. The molecule has 0 spiro atoms. The molecule has 12 heteroatoms. The van der Waals surface area contributed by atoms with Gasteiger partial charge in [0.15, 0.2) is 0 Å². The van der Waals surface area contributed by atoms with Crippen LogP contribution in [-0.2, 0) is 4.79 Å². The minimum absolute atomic E-state index is 0.00792. The van der Waals surface area contributed by atoms with E-state index in [4.69, 9.17) is 0 Å². The van der Waals surface area contributed by atoms with Gasteiger partial charge in [0.1, 0.15) is 0 Å². The number of piperidine rings is 2. The van der Waals surface area contributed by atoms with Gasteiger partial charge in [0, 0.05) is 56.7 Å². The molecule has 0 radical (unpaired) electrons. The molecule has 1 aromatic rings. The first kappa shape index (κ1) is 28.8. The van der Waals surface area contributed by atoms with E-state index < -0.39 is 17.7 Å². The Hall–Kier alpha value is -3.31. The number of allylic oxidation sites excluding steroid dienone is 3. The number of urea groups is 1. The maximum Gasteiger partial charge on any atom is 0.412 e. The van der Waals surface area contributed by atoms with Crippen molar-refractivity contribution in [1.29, 1.82) is 0 Å². The highest BCUT2D eigenvalue weighted by Gasteiger charge is 2.41. The van der Waals surface area contributed by atoms with Gasteiger partial charge >= 0.3 is 18.2 Å². The molecule has 4 fully saturated rings. The molecule has 1 N–H and O–H groups in total. The van der Waals surface area contributed by atoms with Gasteiger partial charge in [0.25, 0.3) is 5.91 Å². The molecule has 5 aliphatic rings. The summed E-state index contributed by atoms with van der Waals surface area (Å²) in [6.45, 7) is 2.73. The van der Waals surface area contributed by atoms with Gasteiger partial charge in [-0.3, -0.25) is 14.3 Å². The van der Waals surface area contributed by atoms with E-state index in [0.29, 0.717) is 82.4 Å². The molecule has 2 aliphatic carbocycles. The zero-order valence-electron chi connectivity index (χ0n) is 23.7. The number of amides is 3. The van der Waals surface area contributed by atoms with Crippen molar-refractivity contribution in [3.8, 4) is 0 Å². The van der Waals surface area contributed by atoms with E-state index in [1.165, 1.54) is 0 Å². The molecule has 3 amide bonds. The van der Waals surface area contributed by atoms with Crippen LogP contribution in [0.1, 0.15) is 85.8 Å². The lowest BCUT2D eigenvalue weighted by molar-refractivity contribution is -0.143. The van der Waals surface area contributed by atoms with Gasteiger partial charge in [0.05, 0.1) is 29.4 Å². The number of carbonyl (C=O) groups excluding carboxylic acids is 2. The van der Waals surface area contributed by atoms with Gasteiger partial charge in [0.2, 0.25) is 0 Å². The number of alkyl halides is 3. The highest BCUT2D eigenvalue weighted by atomic mass is 19.4. The van der Waals surface area contributed by atoms with Gasteiger partial charge in [-0.1, -0.05) is 12.2 Å². The summed E-state index contributed by atoms with van der Waals surface area (Å²) in [5.41, 5.74) is 1.36. The molecule has 4 heterocycles. The van der Waals surface area contributed by atoms with Crippen molar-refractivity contribution in [2.75, 3.05) is 39.3 Å². The fourth-order valence-electron chi connectivity index (χ4n) is 7.15. The van der Waals surface area contributed by atoms with Crippen molar-refractivity contribution in [3.63, 3.8) is 0 Å². The van der Waals surface area contributed by atoms with Crippen molar-refractivity contribution in [2.45, 2.75) is 75.9 Å². The van der Waals surface area contributed by atoms with E-state index in [1.807, 2.05) is 9.58 Å². The number of hydrogen-bond acceptors (Lipinski definition) is 4. The van der Waals surface area contributed by atoms with E-state index in [1.54, 1.807) is 28.1 Å². The second-order valence-electron chi connectivity index (χ2n) is 12.4. The van der Waals surface area contributed by atoms with Crippen LogP contribution in [0.4, 0.5) is 18.0 Å². The molecule has 228 valence electrons. The zero-order valence-corrected chi connectivity index (χ0v) is 23.7. The number of carbonyl (C=O) groups is 3. The molecule has 0 bridgehead atoms. The molecule has 1 aromatic heterocycles. The Labute approximate surface area is 243 Å². The lowest BCUT2D eigenvalue weighted by atomic mass is 9.87. The molecule has 0 aromatic carbocycles. The highest BCUT2D eigenvalue weighted by molar-refractivity contribution is 5.95. The Morgan fingerprint density at radius 2 is 1.50 bits per heavy atom. The molecular formula is C30H38F3N5O4. The lowest BCUT2D eigenvalue weighted by Crippen LogP contribution is -2.50. The Kier molecular flexibility index (Phi) is 7.82. The molecule has 3 saturated heterocycles. The van der Waals surface area contributed by atoms with E-state index in [2.05, 4.69) is 5.10 Å². The number of likely N-dealkylation sites (tertiary alicyclic amines) is 3. The van der Waals surface area contributed by atoms with Crippen molar-refractivity contribution < 1.29 is 32.7 Å². The van der Waals surface area contributed by atoms with Gasteiger partial charge in [-0.15, -0.1) is 0 Å². The average molecular weight is 590 g/mol. The fourth-order valence-corrected chi connectivity index (χ4v) is 7.15. The van der Waals surface area contributed by atoms with Crippen molar-refractivity contribution in [1.82, 2.24) is 24.5 Å². The van der Waals surface area contributed by atoms with Gasteiger partial charge in [-0.25, -0.2) is 4.79 Å². The van der Waals surface area contributed by atoms with E-state index in [-0.39, 0.29) is 48.7 Å². The van der Waals surface area contributed by atoms with Crippen LogP contribution >= 0.6 is 0 Å². The van der Waals surface area contributed by atoms with Crippen LogP contribution in [0.3, 0.4) is 0 Å². The monoisotopic (exact) mass is 589 g/mol. The minimum Gasteiger partial charge on any atom is -0.481 e. The quantitative estimate of drug-likeness (QED) is 0.522. The smallest absolute Gasteiger partial charge is 0.412 e. The molecule has 1 saturated carbocycles. The van der Waals surface area contributed by atoms with Crippen LogP contribution in [0.2, 0.25) is 0 Å². The fraction of sp³-hybridized carbons (Fsp3) is 0.667. The highest BCUT2D eigenvalue weighted by Crippen LogP contribution is 2.45. The van der Waals surface area contributed by atoms with Gasteiger partial charge in [-0.2, -0.15) is 18.3 Å². The zero-order chi connectivity index (χ0) is 29.6. The van der Waals surface area contributed by atoms with Gasteiger partial charge in [-0.05, 0) is 63.4 Å². The summed E-state index contributed by atoms with van der Waals surface area (Å²) in [7, 11) is 0. The third-order valence-electron chi connectivity index (χ3n) is 9.69. The predicted molar refractivity (Wildman–Crippen MR) is 147 cm³/mol. The van der Waals surface area contributed by atoms with Crippen molar-refractivity contribution in [2.24, 2.45) is 11.8 Å². The first-order valence-corrected chi connectivity index (χ1v) is 15.2. The Morgan fingerprint density at radius 3 is 2.12 bits per heavy atom. The summed E-state index contributed by atoms with van der Waals surface area (Å²) in [5, 5.41) is 13.9. The third kappa shape index (κ3) is 5.68. The van der Waals surface area contributed by atoms with Crippen LogP contribution in [0.15, 0.2) is 29.5 Å². The standard InChI is InChI=1S/C30H38F3N5O4/c31-30(32,33)25-4-2-1-3-23(25)21-9-14-37(18-21)27(39)24-17-34-38(26(24)19-5-6-19)22-10-15-36(16-11-22)29(42)35-12-7-20(8-13-35)28(40)41/h1,3,17,19-22H,2,4-16,18H2,(H,40,41)/t21-/m1/s1.